The Morgan fingerprint density at radius 3 is 1.91 bits per heavy atom. The Hall–Kier alpha value is -2.38. The van der Waals surface area contributed by atoms with Crippen LogP contribution in [-0.4, -0.2) is 5.11 Å². The van der Waals surface area contributed by atoms with Crippen LogP contribution in [0.1, 0.15) is 33.4 Å². The van der Waals surface area contributed by atoms with Gasteiger partial charge < -0.3 is 5.11 Å². The monoisotopic (exact) mass is 302 g/mol. The highest BCUT2D eigenvalue weighted by atomic mass is 16.3. The number of aliphatic hydroxyl groups is 1. The molecule has 1 atom stereocenters. The first-order valence-electron chi connectivity index (χ1n) is 7.94. The second kappa shape index (κ2) is 6.02. The smallest absolute Gasteiger partial charge is 0.140 e. The minimum Gasteiger partial charge on any atom is -0.376 e. The molecule has 0 aromatic heterocycles. The average molecular weight is 302 g/mol. The Morgan fingerprint density at radius 1 is 0.609 bits per heavy atom. The highest BCUT2D eigenvalue weighted by Gasteiger charge is 2.33. The van der Waals surface area contributed by atoms with Crippen LogP contribution < -0.4 is 0 Å². The first-order valence-corrected chi connectivity index (χ1v) is 7.94. The van der Waals surface area contributed by atoms with E-state index in [0.29, 0.717) is 0 Å². The molecule has 0 saturated heterocycles. The summed E-state index contributed by atoms with van der Waals surface area (Å²) in [5.41, 5.74) is 5.09. The van der Waals surface area contributed by atoms with Gasteiger partial charge in [-0.05, 0) is 48.6 Å². The van der Waals surface area contributed by atoms with E-state index in [9.17, 15) is 5.11 Å². The Morgan fingerprint density at radius 2 is 1.26 bits per heavy atom. The molecule has 3 rings (SSSR count). The molecule has 3 aromatic rings. The molecule has 0 fully saturated rings. The Bertz CT molecular complexity index is 820. The normalized spacial score (nSPS) is 13.6. The van der Waals surface area contributed by atoms with Crippen molar-refractivity contribution in [2.45, 2.75) is 26.4 Å². The van der Waals surface area contributed by atoms with Crippen LogP contribution in [0.2, 0.25) is 0 Å². The fourth-order valence-electron chi connectivity index (χ4n) is 3.02. The molecule has 0 bridgehead atoms. The Kier molecular flexibility index (Phi) is 4.06. The standard InChI is InChI=1S/C22H22O/c1-16-8-7-11-20(14-16)22(23,19-9-5-4-6-10-19)21-13-12-17(2)18(3)15-21/h4-15,23H,1-3H3. The van der Waals surface area contributed by atoms with Gasteiger partial charge in [0, 0.05) is 0 Å². The van der Waals surface area contributed by atoms with Gasteiger partial charge in [0.1, 0.15) is 5.60 Å². The summed E-state index contributed by atoms with van der Waals surface area (Å²) in [6.45, 7) is 6.23. The fourth-order valence-corrected chi connectivity index (χ4v) is 3.02. The van der Waals surface area contributed by atoms with Gasteiger partial charge in [-0.1, -0.05) is 78.4 Å². The van der Waals surface area contributed by atoms with Crippen LogP contribution in [0.5, 0.6) is 0 Å². The molecule has 0 spiro atoms. The second-order valence-corrected chi connectivity index (χ2v) is 6.24. The number of aryl methyl sites for hydroxylation is 3. The fraction of sp³-hybridized carbons (Fsp3) is 0.182. The Balaban J connectivity index is 2.28. The minimum atomic E-state index is -1.15. The molecule has 0 aliphatic carbocycles. The average Bonchev–Trinajstić information content (AvgIpc) is 2.57. The highest BCUT2D eigenvalue weighted by molar-refractivity contribution is 5.49. The number of rotatable bonds is 3. The summed E-state index contributed by atoms with van der Waals surface area (Å²) < 4.78 is 0. The van der Waals surface area contributed by atoms with Crippen molar-refractivity contribution in [3.63, 3.8) is 0 Å². The third-order valence-electron chi connectivity index (χ3n) is 4.55. The lowest BCUT2D eigenvalue weighted by Crippen LogP contribution is -2.29. The molecule has 1 unspecified atom stereocenters. The maximum atomic E-state index is 11.8. The van der Waals surface area contributed by atoms with Gasteiger partial charge in [-0.15, -0.1) is 0 Å². The van der Waals surface area contributed by atoms with Crippen LogP contribution in [0.25, 0.3) is 0 Å². The van der Waals surface area contributed by atoms with E-state index >= 15 is 0 Å². The van der Waals surface area contributed by atoms with Gasteiger partial charge in [-0.2, -0.15) is 0 Å². The van der Waals surface area contributed by atoms with Crippen molar-refractivity contribution >= 4 is 0 Å². The summed E-state index contributed by atoms with van der Waals surface area (Å²) >= 11 is 0. The van der Waals surface area contributed by atoms with Crippen LogP contribution in [0.3, 0.4) is 0 Å². The first kappa shape index (κ1) is 15.5. The van der Waals surface area contributed by atoms with Gasteiger partial charge in [0.05, 0.1) is 0 Å². The van der Waals surface area contributed by atoms with Crippen molar-refractivity contribution in [1.82, 2.24) is 0 Å². The molecular weight excluding hydrogens is 280 g/mol. The summed E-state index contributed by atoms with van der Waals surface area (Å²) in [5.74, 6) is 0. The van der Waals surface area contributed by atoms with E-state index in [1.165, 1.54) is 11.1 Å². The molecule has 0 saturated carbocycles. The lowest BCUT2D eigenvalue weighted by atomic mass is 9.79. The molecule has 23 heavy (non-hydrogen) atoms. The SMILES string of the molecule is Cc1cccc(C(O)(c2ccccc2)c2ccc(C)c(C)c2)c1. The van der Waals surface area contributed by atoms with Crippen molar-refractivity contribution in [3.05, 3.63) is 106 Å². The van der Waals surface area contributed by atoms with E-state index in [1.54, 1.807) is 0 Å². The van der Waals surface area contributed by atoms with Crippen molar-refractivity contribution in [2.24, 2.45) is 0 Å². The van der Waals surface area contributed by atoms with E-state index in [1.807, 2.05) is 48.5 Å². The maximum absolute atomic E-state index is 11.8. The van der Waals surface area contributed by atoms with Crippen LogP contribution in [0.15, 0.2) is 72.8 Å². The van der Waals surface area contributed by atoms with E-state index in [0.717, 1.165) is 22.3 Å². The van der Waals surface area contributed by atoms with Gasteiger partial charge >= 0.3 is 0 Å². The van der Waals surface area contributed by atoms with E-state index in [2.05, 4.69) is 45.0 Å². The molecule has 0 heterocycles. The minimum absolute atomic E-state index is 0.883. The lowest BCUT2D eigenvalue weighted by molar-refractivity contribution is 0.125. The molecular formula is C22H22O. The van der Waals surface area contributed by atoms with Crippen LogP contribution in [0.4, 0.5) is 0 Å². The highest BCUT2D eigenvalue weighted by Crippen LogP contribution is 2.37. The molecule has 1 nitrogen and oxygen atoms in total. The molecule has 1 heteroatoms. The molecule has 116 valence electrons. The van der Waals surface area contributed by atoms with Crippen LogP contribution in [0, 0.1) is 20.8 Å². The molecule has 3 aromatic carbocycles. The third-order valence-corrected chi connectivity index (χ3v) is 4.55. The molecule has 0 radical (unpaired) electrons. The third kappa shape index (κ3) is 2.80. The predicted octanol–water partition coefficient (Wildman–Crippen LogP) is 4.90. The summed E-state index contributed by atoms with van der Waals surface area (Å²) in [7, 11) is 0. The van der Waals surface area contributed by atoms with Crippen molar-refractivity contribution in [2.75, 3.05) is 0 Å². The maximum Gasteiger partial charge on any atom is 0.140 e. The number of benzene rings is 3. The Labute approximate surface area is 138 Å². The largest absolute Gasteiger partial charge is 0.376 e. The zero-order valence-corrected chi connectivity index (χ0v) is 13.9. The van der Waals surface area contributed by atoms with E-state index in [-0.39, 0.29) is 0 Å². The summed E-state index contributed by atoms with van der Waals surface area (Å²) in [4.78, 5) is 0. The summed E-state index contributed by atoms with van der Waals surface area (Å²) in [6.07, 6.45) is 0. The number of hydrogen-bond acceptors (Lipinski definition) is 1. The molecule has 0 amide bonds. The van der Waals surface area contributed by atoms with Crippen molar-refractivity contribution in [1.29, 1.82) is 0 Å². The van der Waals surface area contributed by atoms with Gasteiger partial charge in [0.15, 0.2) is 0 Å². The first-order chi connectivity index (χ1) is 11.0. The second-order valence-electron chi connectivity index (χ2n) is 6.24. The quantitative estimate of drug-likeness (QED) is 0.683. The zero-order chi connectivity index (χ0) is 16.4. The van der Waals surface area contributed by atoms with Crippen LogP contribution >= 0.6 is 0 Å². The van der Waals surface area contributed by atoms with Crippen molar-refractivity contribution in [3.8, 4) is 0 Å². The van der Waals surface area contributed by atoms with E-state index in [4.69, 9.17) is 0 Å². The number of hydrogen-bond donors (Lipinski definition) is 1. The predicted molar refractivity (Wildman–Crippen MR) is 95.6 cm³/mol. The van der Waals surface area contributed by atoms with Gasteiger partial charge in [-0.3, -0.25) is 0 Å². The summed E-state index contributed by atoms with van der Waals surface area (Å²) in [5, 5.41) is 11.8. The zero-order valence-electron chi connectivity index (χ0n) is 13.9. The van der Waals surface area contributed by atoms with Crippen molar-refractivity contribution < 1.29 is 5.11 Å². The molecule has 1 N–H and O–H groups in total. The van der Waals surface area contributed by atoms with Gasteiger partial charge in [0.2, 0.25) is 0 Å². The van der Waals surface area contributed by atoms with Crippen LogP contribution in [-0.2, 0) is 5.60 Å². The molecule has 0 aliphatic rings. The lowest BCUT2D eigenvalue weighted by Gasteiger charge is -2.31. The topological polar surface area (TPSA) is 20.2 Å². The van der Waals surface area contributed by atoms with Gasteiger partial charge in [0.25, 0.3) is 0 Å². The van der Waals surface area contributed by atoms with E-state index < -0.39 is 5.60 Å². The molecule has 0 aliphatic heterocycles. The van der Waals surface area contributed by atoms with Gasteiger partial charge in [-0.25, -0.2) is 0 Å². The summed E-state index contributed by atoms with van der Waals surface area (Å²) in [6, 6.07) is 24.2.